The number of rotatable bonds is 8. The molecule has 0 aliphatic carbocycles. The van der Waals surface area contributed by atoms with Crippen LogP contribution in [0.5, 0.6) is 0 Å². The number of piperazine rings is 1. The van der Waals surface area contributed by atoms with Gasteiger partial charge in [-0.25, -0.2) is 9.37 Å². The zero-order chi connectivity index (χ0) is 30.3. The van der Waals surface area contributed by atoms with Crippen LogP contribution in [0.15, 0.2) is 47.7 Å². The van der Waals surface area contributed by atoms with Crippen LogP contribution in [0.4, 0.5) is 22.0 Å². The minimum absolute atomic E-state index is 0.100. The highest BCUT2D eigenvalue weighted by Crippen LogP contribution is 2.44. The SMILES string of the molecule is C=CC(=O)N1C[C@H](C)N(c2nc(NCCCN(C)C)nc3c(F)c(-c4c(C)ccc5onc(N)c45)c(Cl)cc23)CC1=C. The van der Waals surface area contributed by atoms with E-state index in [1.54, 1.807) is 17.0 Å². The van der Waals surface area contributed by atoms with E-state index in [4.69, 9.17) is 26.8 Å². The van der Waals surface area contributed by atoms with Gasteiger partial charge in [-0.3, -0.25) is 4.79 Å². The van der Waals surface area contributed by atoms with Crippen LogP contribution in [0, 0.1) is 12.7 Å². The van der Waals surface area contributed by atoms with Crippen LogP contribution in [-0.2, 0) is 4.79 Å². The summed E-state index contributed by atoms with van der Waals surface area (Å²) in [5.41, 5.74) is 8.65. The number of hydrogen-bond acceptors (Lipinski definition) is 9. The molecule has 1 amide bonds. The van der Waals surface area contributed by atoms with E-state index in [1.807, 2.05) is 38.9 Å². The number of nitrogens with one attached hydrogen (secondary N) is 1. The van der Waals surface area contributed by atoms with E-state index in [9.17, 15) is 4.79 Å². The second-order valence-corrected chi connectivity index (χ2v) is 11.2. The third-order valence-corrected chi connectivity index (χ3v) is 7.78. The Balaban J connectivity index is 1.69. The minimum Gasteiger partial charge on any atom is -0.380 e. The fraction of sp³-hybridized carbons (Fsp3) is 0.333. The van der Waals surface area contributed by atoms with Gasteiger partial charge in [-0.05, 0) is 64.7 Å². The molecular formula is C30H34ClFN8O2. The number of benzene rings is 2. The van der Waals surface area contributed by atoms with E-state index in [0.717, 1.165) is 18.5 Å². The number of nitrogen functional groups attached to an aromatic ring is 1. The Morgan fingerprint density at radius 3 is 2.81 bits per heavy atom. The molecule has 4 aromatic rings. The molecule has 0 bridgehead atoms. The maximum absolute atomic E-state index is 16.8. The lowest BCUT2D eigenvalue weighted by atomic mass is 9.95. The predicted molar refractivity (Wildman–Crippen MR) is 166 cm³/mol. The summed E-state index contributed by atoms with van der Waals surface area (Å²) in [5, 5.41) is 8.23. The molecule has 1 fully saturated rings. The Hall–Kier alpha value is -4.22. The van der Waals surface area contributed by atoms with Crippen molar-refractivity contribution in [3.63, 3.8) is 0 Å². The topological polar surface area (TPSA) is 117 Å². The second-order valence-electron chi connectivity index (χ2n) is 10.8. The van der Waals surface area contributed by atoms with E-state index in [-0.39, 0.29) is 39.8 Å². The van der Waals surface area contributed by atoms with Gasteiger partial charge < -0.3 is 30.3 Å². The summed E-state index contributed by atoms with van der Waals surface area (Å²) in [6.07, 6.45) is 2.10. The Bertz CT molecular complexity index is 1720. The molecule has 220 valence electrons. The Labute approximate surface area is 248 Å². The third kappa shape index (κ3) is 5.25. The number of aryl methyl sites for hydroxylation is 1. The Kier molecular flexibility index (Phi) is 8.07. The highest BCUT2D eigenvalue weighted by Gasteiger charge is 2.32. The lowest BCUT2D eigenvalue weighted by Crippen LogP contribution is -2.52. The lowest BCUT2D eigenvalue weighted by molar-refractivity contribution is -0.124. The fourth-order valence-electron chi connectivity index (χ4n) is 5.36. The maximum atomic E-state index is 16.8. The molecular weight excluding hydrogens is 559 g/mol. The van der Waals surface area contributed by atoms with Crippen LogP contribution in [0.2, 0.25) is 5.02 Å². The van der Waals surface area contributed by atoms with Crippen molar-refractivity contribution in [1.82, 2.24) is 24.9 Å². The third-order valence-electron chi connectivity index (χ3n) is 7.48. The monoisotopic (exact) mass is 592 g/mol. The quantitative estimate of drug-likeness (QED) is 0.210. The normalized spacial score (nSPS) is 15.7. The summed E-state index contributed by atoms with van der Waals surface area (Å²) in [7, 11) is 4.00. The highest BCUT2D eigenvalue weighted by molar-refractivity contribution is 6.35. The van der Waals surface area contributed by atoms with Gasteiger partial charge in [0.05, 0.1) is 17.0 Å². The largest absolute Gasteiger partial charge is 0.380 e. The molecule has 10 nitrogen and oxygen atoms in total. The van der Waals surface area contributed by atoms with Crippen LogP contribution in [-0.4, -0.2) is 77.1 Å². The zero-order valence-corrected chi connectivity index (χ0v) is 24.9. The first kappa shape index (κ1) is 29.3. The number of hydrogen-bond donors (Lipinski definition) is 2. The highest BCUT2D eigenvalue weighted by atomic mass is 35.5. The van der Waals surface area contributed by atoms with Crippen LogP contribution < -0.4 is 16.0 Å². The van der Waals surface area contributed by atoms with Crippen molar-refractivity contribution in [2.75, 3.05) is 56.2 Å². The average Bonchev–Trinajstić information content (AvgIpc) is 3.33. The van der Waals surface area contributed by atoms with Gasteiger partial charge in [-0.2, -0.15) is 4.98 Å². The summed E-state index contributed by atoms with van der Waals surface area (Å²) >= 11 is 6.86. The molecule has 2 aromatic heterocycles. The molecule has 1 atom stereocenters. The molecule has 42 heavy (non-hydrogen) atoms. The summed E-state index contributed by atoms with van der Waals surface area (Å²) in [6.45, 7) is 13.6. The van der Waals surface area contributed by atoms with E-state index in [1.165, 1.54) is 6.08 Å². The number of amides is 1. The molecule has 1 aliphatic heterocycles. The zero-order valence-electron chi connectivity index (χ0n) is 24.2. The molecule has 3 heterocycles. The summed E-state index contributed by atoms with van der Waals surface area (Å²) in [6, 6.07) is 5.06. The van der Waals surface area contributed by atoms with E-state index in [0.29, 0.717) is 53.1 Å². The van der Waals surface area contributed by atoms with Gasteiger partial charge in [0.2, 0.25) is 11.9 Å². The summed E-state index contributed by atoms with van der Waals surface area (Å²) < 4.78 is 22.1. The number of anilines is 3. The fourth-order valence-corrected chi connectivity index (χ4v) is 5.64. The van der Waals surface area contributed by atoms with Crippen LogP contribution in [0.1, 0.15) is 18.9 Å². The van der Waals surface area contributed by atoms with E-state index < -0.39 is 5.82 Å². The first-order valence-electron chi connectivity index (χ1n) is 13.6. The molecule has 0 saturated carbocycles. The van der Waals surface area contributed by atoms with Gasteiger partial charge in [0.15, 0.2) is 17.2 Å². The van der Waals surface area contributed by atoms with Crippen molar-refractivity contribution in [2.45, 2.75) is 26.3 Å². The molecule has 0 spiro atoms. The van der Waals surface area contributed by atoms with E-state index >= 15 is 4.39 Å². The number of nitrogens with zero attached hydrogens (tertiary/aromatic N) is 6. The van der Waals surface area contributed by atoms with Crippen LogP contribution in [0.25, 0.3) is 33.0 Å². The first-order valence-corrected chi connectivity index (χ1v) is 14.0. The predicted octanol–water partition coefficient (Wildman–Crippen LogP) is 5.22. The Morgan fingerprint density at radius 1 is 1.33 bits per heavy atom. The van der Waals surface area contributed by atoms with E-state index in [2.05, 4.69) is 33.5 Å². The number of carbonyl (C=O) groups excluding carboxylic acids is 1. The van der Waals surface area contributed by atoms with Gasteiger partial charge in [0.25, 0.3) is 0 Å². The van der Waals surface area contributed by atoms with Crippen molar-refractivity contribution in [1.29, 1.82) is 0 Å². The lowest BCUT2D eigenvalue weighted by Gasteiger charge is -2.41. The number of halogens is 2. The molecule has 0 unspecified atom stereocenters. The molecule has 3 N–H and O–H groups in total. The van der Waals surface area contributed by atoms with Crippen molar-refractivity contribution in [3.8, 4) is 11.1 Å². The number of nitrogens with two attached hydrogens (primary N) is 1. The molecule has 1 aliphatic rings. The summed E-state index contributed by atoms with van der Waals surface area (Å²) in [5.74, 6) is 0.0795. The van der Waals surface area contributed by atoms with Crippen LogP contribution >= 0.6 is 11.6 Å². The van der Waals surface area contributed by atoms with Crippen molar-refractivity contribution in [2.24, 2.45) is 0 Å². The number of aromatic nitrogens is 3. The van der Waals surface area contributed by atoms with Gasteiger partial charge >= 0.3 is 0 Å². The smallest absolute Gasteiger partial charge is 0.250 e. The number of fused-ring (bicyclic) bond motifs is 2. The van der Waals surface area contributed by atoms with Gasteiger partial charge in [-0.1, -0.05) is 36.0 Å². The van der Waals surface area contributed by atoms with Crippen molar-refractivity contribution < 1.29 is 13.7 Å². The summed E-state index contributed by atoms with van der Waals surface area (Å²) in [4.78, 5) is 27.5. The first-order chi connectivity index (χ1) is 20.0. The minimum atomic E-state index is -0.611. The van der Waals surface area contributed by atoms with Gasteiger partial charge in [-0.15, -0.1) is 0 Å². The molecule has 5 rings (SSSR count). The van der Waals surface area contributed by atoms with Gasteiger partial charge in [0.1, 0.15) is 11.3 Å². The maximum Gasteiger partial charge on any atom is 0.250 e. The second kappa shape index (κ2) is 11.6. The molecule has 0 radical (unpaired) electrons. The standard InChI is InChI=1S/C30H34ClFN8O2/c1-7-22(41)39-14-18(4)40(15-17(39)3)29-19-13-20(31)24(23-16(2)9-10-21-25(23)28(33)37-42-21)26(32)27(19)35-30(36-29)34-11-8-12-38(5)6/h7,9-10,13,18H,1,3,8,11-12,14-15H2,2,4-6H3,(H2,33,37)(H,34,35,36)/t18-/m0/s1. The Morgan fingerprint density at radius 2 is 2.10 bits per heavy atom. The van der Waals surface area contributed by atoms with Crippen molar-refractivity contribution in [3.05, 3.63) is 59.5 Å². The molecule has 12 heteroatoms. The average molecular weight is 593 g/mol. The molecule has 1 saturated heterocycles. The number of carbonyl (C=O) groups is 1. The van der Waals surface area contributed by atoms with Crippen molar-refractivity contribution >= 4 is 57.0 Å². The van der Waals surface area contributed by atoms with Gasteiger partial charge in [0, 0.05) is 41.3 Å². The van der Waals surface area contributed by atoms with Crippen LogP contribution in [0.3, 0.4) is 0 Å². The molecule has 2 aromatic carbocycles.